The minimum absolute atomic E-state index is 0. The van der Waals surface area contributed by atoms with Crippen LogP contribution < -0.4 is 5.32 Å². The maximum absolute atomic E-state index is 13.9. The Morgan fingerprint density at radius 3 is 2.30 bits per heavy atom. The van der Waals surface area contributed by atoms with Crippen LogP contribution in [0.25, 0.3) is 0 Å². The van der Waals surface area contributed by atoms with E-state index in [1.165, 1.54) is 12.1 Å². The van der Waals surface area contributed by atoms with Gasteiger partial charge >= 0.3 is 5.97 Å². The summed E-state index contributed by atoms with van der Waals surface area (Å²) in [4.78, 5) is 10.6. The number of benzene rings is 3. The number of carboxylic acids is 1. The maximum Gasteiger partial charge on any atom is 0.338 e. The summed E-state index contributed by atoms with van der Waals surface area (Å²) in [6, 6.07) is 15.9. The predicted molar refractivity (Wildman–Crippen MR) is 125 cm³/mol. The van der Waals surface area contributed by atoms with Gasteiger partial charge in [-0.3, -0.25) is 0 Å². The van der Waals surface area contributed by atoms with Crippen LogP contribution >= 0.6 is 24.0 Å². The molecule has 0 heterocycles. The van der Waals surface area contributed by atoms with Gasteiger partial charge in [0.05, 0.1) is 21.5 Å². The third-order valence-corrected chi connectivity index (χ3v) is 6.88. The average Bonchev–Trinajstić information content (AvgIpc) is 2.76. The molecule has 176 valence electrons. The molecular weight excluding hydrogens is 492 g/mol. The van der Waals surface area contributed by atoms with Crippen LogP contribution in [0.4, 0.5) is 4.39 Å². The Hall–Kier alpha value is -2.49. The number of hydrogen-bond acceptors (Lipinski definition) is 5. The van der Waals surface area contributed by atoms with E-state index in [-0.39, 0.29) is 22.2 Å². The smallest absolute Gasteiger partial charge is 0.338 e. The molecule has 3 aromatic rings. The molecule has 0 aliphatic rings. The van der Waals surface area contributed by atoms with Crippen LogP contribution in [0.1, 0.15) is 27.6 Å². The zero-order valence-electron chi connectivity index (χ0n) is 17.2. The Labute approximate surface area is 202 Å². The lowest BCUT2D eigenvalue weighted by atomic mass is 10.1. The highest BCUT2D eigenvalue weighted by molar-refractivity contribution is 7.91. The molecule has 0 radical (unpaired) electrons. The van der Waals surface area contributed by atoms with Gasteiger partial charge in [-0.25, -0.2) is 17.6 Å². The first kappa shape index (κ1) is 26.8. The Kier molecular flexibility index (Phi) is 9.39. The van der Waals surface area contributed by atoms with E-state index in [1.54, 1.807) is 36.4 Å². The molecular formula is C23H22Cl2FNO5S. The largest absolute Gasteiger partial charge is 0.478 e. The van der Waals surface area contributed by atoms with Gasteiger partial charge in [-0.2, -0.15) is 0 Å². The van der Waals surface area contributed by atoms with Gasteiger partial charge in [0, 0.05) is 11.6 Å². The summed E-state index contributed by atoms with van der Waals surface area (Å²) in [5, 5.41) is 22.8. The number of aliphatic hydroxyl groups is 1. The molecule has 1 atom stereocenters. The van der Waals surface area contributed by atoms with Crippen molar-refractivity contribution >= 4 is 39.8 Å². The Morgan fingerprint density at radius 1 is 1.03 bits per heavy atom. The van der Waals surface area contributed by atoms with Crippen molar-refractivity contribution in [2.24, 2.45) is 0 Å². The number of sulfone groups is 1. The first-order valence-corrected chi connectivity index (χ1v) is 11.6. The number of aliphatic hydroxyl groups excluding tert-OH is 1. The normalized spacial score (nSPS) is 12.1. The van der Waals surface area contributed by atoms with Crippen molar-refractivity contribution in [3.8, 4) is 0 Å². The van der Waals surface area contributed by atoms with Crippen LogP contribution in [0.15, 0.2) is 76.5 Å². The lowest BCUT2D eigenvalue weighted by molar-refractivity contribution is 0.0691. The van der Waals surface area contributed by atoms with Gasteiger partial charge in [-0.05, 0) is 66.6 Å². The molecule has 0 bridgehead atoms. The van der Waals surface area contributed by atoms with Crippen LogP contribution in [0.2, 0.25) is 5.02 Å². The molecule has 3 rings (SSSR count). The highest BCUT2D eigenvalue weighted by Crippen LogP contribution is 2.23. The second kappa shape index (κ2) is 11.6. The van der Waals surface area contributed by atoms with Crippen LogP contribution in [-0.2, 0) is 16.3 Å². The number of rotatable bonds is 9. The van der Waals surface area contributed by atoms with E-state index >= 15 is 0 Å². The first-order chi connectivity index (χ1) is 15.2. The van der Waals surface area contributed by atoms with Crippen LogP contribution in [-0.4, -0.2) is 37.7 Å². The van der Waals surface area contributed by atoms with Crippen molar-refractivity contribution < 1.29 is 27.8 Å². The molecule has 0 aromatic heterocycles. The van der Waals surface area contributed by atoms with Crippen molar-refractivity contribution in [2.45, 2.75) is 22.3 Å². The summed E-state index contributed by atoms with van der Waals surface area (Å²) >= 11 is 5.92. The van der Waals surface area contributed by atoms with Crippen LogP contribution in [0.3, 0.4) is 0 Å². The van der Waals surface area contributed by atoms with E-state index in [9.17, 15) is 22.7 Å². The molecule has 0 aliphatic heterocycles. The van der Waals surface area contributed by atoms with Gasteiger partial charge in [0.25, 0.3) is 0 Å². The second-order valence-corrected chi connectivity index (χ2v) is 9.51. The first-order valence-electron chi connectivity index (χ1n) is 9.69. The molecule has 33 heavy (non-hydrogen) atoms. The maximum atomic E-state index is 13.9. The third kappa shape index (κ3) is 6.75. The number of halogens is 3. The van der Waals surface area contributed by atoms with Crippen LogP contribution in [0.5, 0.6) is 0 Å². The number of hydrogen-bond donors (Lipinski definition) is 3. The Morgan fingerprint density at radius 2 is 1.70 bits per heavy atom. The topological polar surface area (TPSA) is 104 Å². The molecule has 0 saturated heterocycles. The fourth-order valence-electron chi connectivity index (χ4n) is 3.11. The second-order valence-electron chi connectivity index (χ2n) is 7.12. The lowest BCUT2D eigenvalue weighted by Gasteiger charge is -2.13. The SMILES string of the molecule is Cl.O=C(O)c1ccc(S(=O)(=O)c2ccc(CCNC[C@H](O)c3cccc(Cl)c3)cc2)cc1F. The Balaban J connectivity index is 0.00000385. The minimum atomic E-state index is -3.98. The van der Waals surface area contributed by atoms with Gasteiger partial charge in [-0.15, -0.1) is 12.4 Å². The standard InChI is InChI=1S/C23H21ClFNO5S.ClH/c24-17-3-1-2-16(12-17)22(27)14-26-11-10-15-4-6-18(7-5-15)32(30,31)19-8-9-20(23(28)29)21(25)13-19;/h1-9,12-13,22,26-27H,10-11,14H2,(H,28,29);1H/t22-;/m0./s1. The minimum Gasteiger partial charge on any atom is -0.478 e. The van der Waals surface area contributed by atoms with E-state index in [2.05, 4.69) is 5.32 Å². The summed E-state index contributed by atoms with van der Waals surface area (Å²) in [7, 11) is -3.98. The van der Waals surface area contributed by atoms with Crippen molar-refractivity contribution in [2.75, 3.05) is 13.1 Å². The molecule has 0 spiro atoms. The summed E-state index contributed by atoms with van der Waals surface area (Å²) in [5.74, 6) is -2.58. The summed E-state index contributed by atoms with van der Waals surface area (Å²) in [6.45, 7) is 0.899. The average molecular weight is 514 g/mol. The summed E-state index contributed by atoms with van der Waals surface area (Å²) in [6.07, 6.45) is -0.0982. The fourth-order valence-corrected chi connectivity index (χ4v) is 4.58. The fraction of sp³-hybridized carbons (Fsp3) is 0.174. The van der Waals surface area contributed by atoms with Crippen molar-refractivity contribution in [3.63, 3.8) is 0 Å². The van der Waals surface area contributed by atoms with Crippen molar-refractivity contribution in [1.29, 1.82) is 0 Å². The number of aromatic carboxylic acids is 1. The Bertz CT molecular complexity index is 1220. The summed E-state index contributed by atoms with van der Waals surface area (Å²) < 4.78 is 39.3. The van der Waals surface area contributed by atoms with E-state index in [1.807, 2.05) is 0 Å². The predicted octanol–water partition coefficient (Wildman–Crippen LogP) is 4.30. The monoisotopic (exact) mass is 513 g/mol. The molecule has 3 aromatic carbocycles. The molecule has 0 saturated carbocycles. The highest BCUT2D eigenvalue weighted by Gasteiger charge is 2.21. The number of nitrogens with one attached hydrogen (secondary N) is 1. The zero-order valence-corrected chi connectivity index (χ0v) is 19.6. The molecule has 3 N–H and O–H groups in total. The van der Waals surface area contributed by atoms with Gasteiger partial charge in [0.15, 0.2) is 0 Å². The quantitative estimate of drug-likeness (QED) is 0.368. The molecule has 10 heteroatoms. The van der Waals surface area contributed by atoms with E-state index < -0.39 is 33.3 Å². The van der Waals surface area contributed by atoms with Gasteiger partial charge in [0.2, 0.25) is 9.84 Å². The van der Waals surface area contributed by atoms with Gasteiger partial charge in [0.1, 0.15) is 5.82 Å². The van der Waals surface area contributed by atoms with Crippen LogP contribution in [0, 0.1) is 5.82 Å². The molecule has 0 fully saturated rings. The van der Waals surface area contributed by atoms with E-state index in [4.69, 9.17) is 16.7 Å². The van der Waals surface area contributed by atoms with E-state index in [0.29, 0.717) is 36.2 Å². The molecule has 0 unspecified atom stereocenters. The number of carboxylic acid groups (broad SMARTS) is 1. The van der Waals surface area contributed by atoms with Crippen molar-refractivity contribution in [3.05, 3.63) is 94.3 Å². The number of carbonyl (C=O) groups is 1. The van der Waals surface area contributed by atoms with Gasteiger partial charge < -0.3 is 15.5 Å². The van der Waals surface area contributed by atoms with Crippen molar-refractivity contribution in [1.82, 2.24) is 5.32 Å². The zero-order chi connectivity index (χ0) is 23.3. The lowest BCUT2D eigenvalue weighted by Crippen LogP contribution is -2.23. The molecule has 6 nitrogen and oxygen atoms in total. The van der Waals surface area contributed by atoms with Gasteiger partial charge in [-0.1, -0.05) is 35.9 Å². The molecule has 0 aliphatic carbocycles. The van der Waals surface area contributed by atoms with E-state index in [0.717, 1.165) is 17.7 Å². The third-order valence-electron chi connectivity index (χ3n) is 4.88. The molecule has 0 amide bonds. The summed E-state index contributed by atoms with van der Waals surface area (Å²) in [5.41, 5.74) is 1.00. The highest BCUT2D eigenvalue weighted by atomic mass is 35.5.